The quantitative estimate of drug-likeness (QED) is 0.241. The summed E-state index contributed by atoms with van der Waals surface area (Å²) >= 11 is 6.80. The molecule has 0 aliphatic carbocycles. The molecule has 0 N–H and O–H groups in total. The molecule has 0 saturated carbocycles. The van der Waals surface area contributed by atoms with Gasteiger partial charge in [0.2, 0.25) is 0 Å². The Morgan fingerprint density at radius 3 is 2.43 bits per heavy atom. The van der Waals surface area contributed by atoms with Gasteiger partial charge in [0.1, 0.15) is 17.2 Å². The number of carbonyl (C=O) groups excluding carboxylic acids is 2. The van der Waals surface area contributed by atoms with Gasteiger partial charge in [0.25, 0.3) is 11.8 Å². The van der Waals surface area contributed by atoms with Crippen LogP contribution in [-0.2, 0) is 13.1 Å². The lowest BCUT2D eigenvalue weighted by molar-refractivity contribution is 0.0639. The van der Waals surface area contributed by atoms with Crippen molar-refractivity contribution in [2.45, 2.75) is 13.1 Å². The van der Waals surface area contributed by atoms with Gasteiger partial charge in [-0.05, 0) is 53.6 Å². The first kappa shape index (κ1) is 29.5. The molecule has 1 fully saturated rings. The van der Waals surface area contributed by atoms with E-state index in [2.05, 4.69) is 11.5 Å². The number of halogens is 1. The molecule has 1 saturated heterocycles. The van der Waals surface area contributed by atoms with E-state index in [9.17, 15) is 9.59 Å². The maximum absolute atomic E-state index is 14.3. The fraction of sp³-hybridized carbons (Fsp3) is 0.257. The summed E-state index contributed by atoms with van der Waals surface area (Å²) in [5.74, 6) is 0.887. The number of methoxy groups -OCH3 is 2. The molecule has 9 heteroatoms. The van der Waals surface area contributed by atoms with Gasteiger partial charge in [-0.15, -0.1) is 6.58 Å². The molecule has 44 heavy (non-hydrogen) atoms. The minimum Gasteiger partial charge on any atom is -0.497 e. The van der Waals surface area contributed by atoms with Crippen LogP contribution in [0, 0.1) is 0 Å². The number of para-hydroxylation sites is 1. The van der Waals surface area contributed by atoms with Crippen LogP contribution in [-0.4, -0.2) is 73.1 Å². The lowest BCUT2D eigenvalue weighted by Crippen LogP contribution is -2.49. The first-order chi connectivity index (χ1) is 21.4. The van der Waals surface area contributed by atoms with E-state index in [0.717, 1.165) is 47.7 Å². The van der Waals surface area contributed by atoms with Crippen LogP contribution in [0.2, 0.25) is 5.02 Å². The molecule has 2 aliphatic heterocycles. The second-order valence-corrected chi connectivity index (χ2v) is 11.4. The van der Waals surface area contributed by atoms with Crippen molar-refractivity contribution < 1.29 is 19.1 Å². The summed E-state index contributed by atoms with van der Waals surface area (Å²) in [4.78, 5) is 34.0. The van der Waals surface area contributed by atoms with Crippen molar-refractivity contribution in [1.29, 1.82) is 0 Å². The maximum atomic E-state index is 14.3. The Balaban J connectivity index is 1.33. The summed E-state index contributed by atoms with van der Waals surface area (Å²) in [5, 5.41) is 0.426. The van der Waals surface area contributed by atoms with E-state index in [1.165, 1.54) is 0 Å². The van der Waals surface area contributed by atoms with E-state index in [0.29, 0.717) is 47.4 Å². The zero-order valence-electron chi connectivity index (χ0n) is 25.0. The molecule has 2 aliphatic rings. The Hall–Kier alpha value is -4.53. The number of amides is 2. The Labute approximate surface area is 262 Å². The Kier molecular flexibility index (Phi) is 8.46. The number of benzene rings is 3. The van der Waals surface area contributed by atoms with Gasteiger partial charge in [-0.25, -0.2) is 0 Å². The van der Waals surface area contributed by atoms with Crippen LogP contribution in [0.25, 0.3) is 11.1 Å². The molecule has 6 rings (SSSR count). The summed E-state index contributed by atoms with van der Waals surface area (Å²) in [7, 11) is 3.16. The van der Waals surface area contributed by atoms with Gasteiger partial charge in [-0.3, -0.25) is 14.5 Å². The average molecular weight is 611 g/mol. The number of hydrogen-bond donors (Lipinski definition) is 0. The van der Waals surface area contributed by atoms with Crippen LogP contribution in [0.3, 0.4) is 0 Å². The molecular formula is C35H35ClN4O4. The molecule has 0 bridgehead atoms. The number of carbonyl (C=O) groups is 2. The van der Waals surface area contributed by atoms with Crippen molar-refractivity contribution in [1.82, 2.24) is 14.4 Å². The van der Waals surface area contributed by atoms with Gasteiger partial charge >= 0.3 is 0 Å². The van der Waals surface area contributed by atoms with E-state index in [-0.39, 0.29) is 18.4 Å². The van der Waals surface area contributed by atoms with Gasteiger partial charge in [-0.1, -0.05) is 48.0 Å². The third-order valence-corrected chi connectivity index (χ3v) is 8.73. The zero-order chi connectivity index (χ0) is 30.8. The predicted octanol–water partition coefficient (Wildman–Crippen LogP) is 5.98. The SMILES string of the molecule is C=CCN1CCN(C(=O)c2ccc3n2Cc2ccccc2N(C(=O)c2cc(Cl)c(-c4cccc(OC)c4)cc2OC)C3)CC1. The molecule has 2 amide bonds. The van der Waals surface area contributed by atoms with Crippen molar-refractivity contribution >= 4 is 29.1 Å². The molecule has 0 spiro atoms. The Bertz CT molecular complexity index is 1720. The third-order valence-electron chi connectivity index (χ3n) is 8.41. The highest BCUT2D eigenvalue weighted by Gasteiger charge is 2.31. The average Bonchev–Trinajstić information content (AvgIpc) is 3.37. The number of nitrogens with zero attached hydrogens (tertiary/aromatic N) is 4. The van der Waals surface area contributed by atoms with Crippen molar-refractivity contribution in [2.75, 3.05) is 51.8 Å². The molecule has 0 unspecified atom stereocenters. The second kappa shape index (κ2) is 12.6. The molecule has 3 aromatic carbocycles. The highest BCUT2D eigenvalue weighted by molar-refractivity contribution is 6.34. The maximum Gasteiger partial charge on any atom is 0.270 e. The summed E-state index contributed by atoms with van der Waals surface area (Å²) < 4.78 is 13.2. The molecular weight excluding hydrogens is 576 g/mol. The van der Waals surface area contributed by atoms with Crippen LogP contribution in [0.15, 0.2) is 85.5 Å². The summed E-state index contributed by atoms with van der Waals surface area (Å²) in [6.07, 6.45) is 1.90. The van der Waals surface area contributed by atoms with Crippen LogP contribution < -0.4 is 14.4 Å². The lowest BCUT2D eigenvalue weighted by Gasteiger charge is -2.34. The van der Waals surface area contributed by atoms with E-state index in [1.54, 1.807) is 31.3 Å². The molecule has 3 heterocycles. The largest absolute Gasteiger partial charge is 0.497 e. The normalized spacial score (nSPS) is 14.8. The third kappa shape index (κ3) is 5.58. The number of rotatable bonds is 7. The van der Waals surface area contributed by atoms with Gasteiger partial charge in [0, 0.05) is 54.7 Å². The van der Waals surface area contributed by atoms with E-state index in [1.807, 2.05) is 76.2 Å². The van der Waals surface area contributed by atoms with Crippen molar-refractivity contribution in [3.05, 3.63) is 113 Å². The number of anilines is 1. The predicted molar refractivity (Wildman–Crippen MR) is 173 cm³/mol. The first-order valence-corrected chi connectivity index (χ1v) is 15.0. The number of piperazine rings is 1. The number of ether oxygens (including phenoxy) is 2. The van der Waals surface area contributed by atoms with Gasteiger partial charge in [0.15, 0.2) is 0 Å². The summed E-state index contributed by atoms with van der Waals surface area (Å²) in [6, 6.07) is 22.7. The standard InChI is InChI=1S/C35H35ClN4O4/c1-4-14-37-15-17-38(18-16-37)35(42)32-13-12-26-23-40(31-11-6-5-8-25(31)22-39(26)32)34(41)29-20-30(36)28(21-33(29)44-3)24-9-7-10-27(19-24)43-2/h4-13,19-21H,1,14-18,22-23H2,2-3H3. The van der Waals surface area contributed by atoms with E-state index >= 15 is 0 Å². The fourth-order valence-electron chi connectivity index (χ4n) is 6.05. The van der Waals surface area contributed by atoms with Gasteiger partial charge in [-0.2, -0.15) is 0 Å². The number of hydrogen-bond acceptors (Lipinski definition) is 5. The second-order valence-electron chi connectivity index (χ2n) is 11.0. The lowest BCUT2D eigenvalue weighted by atomic mass is 10.0. The van der Waals surface area contributed by atoms with Crippen LogP contribution in [0.1, 0.15) is 32.1 Å². The van der Waals surface area contributed by atoms with Crippen LogP contribution in [0.5, 0.6) is 11.5 Å². The van der Waals surface area contributed by atoms with Crippen LogP contribution in [0.4, 0.5) is 5.69 Å². The Morgan fingerprint density at radius 2 is 1.68 bits per heavy atom. The van der Waals surface area contributed by atoms with Crippen molar-refractivity contribution in [3.8, 4) is 22.6 Å². The van der Waals surface area contributed by atoms with Crippen molar-refractivity contribution in [3.63, 3.8) is 0 Å². The smallest absolute Gasteiger partial charge is 0.270 e. The number of aromatic nitrogens is 1. The zero-order valence-corrected chi connectivity index (χ0v) is 25.7. The molecule has 4 aromatic rings. The number of fused-ring (bicyclic) bond motifs is 2. The molecule has 1 aromatic heterocycles. The van der Waals surface area contributed by atoms with E-state index in [4.69, 9.17) is 21.1 Å². The highest BCUT2D eigenvalue weighted by Crippen LogP contribution is 2.38. The van der Waals surface area contributed by atoms with E-state index < -0.39 is 0 Å². The minimum atomic E-state index is -0.241. The molecule has 8 nitrogen and oxygen atoms in total. The molecule has 0 radical (unpaired) electrons. The van der Waals surface area contributed by atoms with Crippen LogP contribution >= 0.6 is 11.6 Å². The minimum absolute atomic E-state index is 0.00773. The topological polar surface area (TPSA) is 67.2 Å². The summed E-state index contributed by atoms with van der Waals surface area (Å²) in [5.41, 5.74) is 5.17. The Morgan fingerprint density at radius 1 is 0.886 bits per heavy atom. The first-order valence-electron chi connectivity index (χ1n) is 14.6. The molecule has 0 atom stereocenters. The fourth-order valence-corrected chi connectivity index (χ4v) is 6.33. The van der Waals surface area contributed by atoms with Crippen molar-refractivity contribution in [2.24, 2.45) is 0 Å². The molecule has 226 valence electrons. The monoisotopic (exact) mass is 610 g/mol. The van der Waals surface area contributed by atoms with Gasteiger partial charge < -0.3 is 23.8 Å². The van der Waals surface area contributed by atoms with Gasteiger partial charge in [0.05, 0.1) is 32.9 Å². The summed E-state index contributed by atoms with van der Waals surface area (Å²) in [6.45, 7) is 8.38. The highest BCUT2D eigenvalue weighted by atomic mass is 35.5.